The van der Waals surface area contributed by atoms with Gasteiger partial charge in [-0.05, 0) is 6.07 Å². The van der Waals surface area contributed by atoms with Crippen molar-refractivity contribution >= 4 is 21.4 Å². The van der Waals surface area contributed by atoms with Crippen molar-refractivity contribution in [3.63, 3.8) is 0 Å². The minimum absolute atomic E-state index is 0.0882. The number of nitrogens with one attached hydrogen (secondary N) is 1. The zero-order chi connectivity index (χ0) is 11.6. The third-order valence-corrected chi connectivity index (χ3v) is 4.40. The Labute approximate surface area is 97.0 Å². The molecule has 8 heteroatoms. The molecule has 0 bridgehead atoms. The first-order chi connectivity index (χ1) is 7.60. The first kappa shape index (κ1) is 11.2. The molecule has 0 unspecified atom stereocenters. The van der Waals surface area contributed by atoms with Gasteiger partial charge in [-0.3, -0.25) is 5.10 Å². The van der Waals surface area contributed by atoms with Crippen LogP contribution >= 0.6 is 11.3 Å². The SMILES string of the molecule is CN(Cc1cscn1)S(=O)(=O)c1ccn[nH]1. The molecule has 0 radical (unpaired) electrons. The van der Waals surface area contributed by atoms with E-state index in [0.29, 0.717) is 0 Å². The third kappa shape index (κ3) is 2.13. The second-order valence-electron chi connectivity index (χ2n) is 3.16. The van der Waals surface area contributed by atoms with E-state index >= 15 is 0 Å². The number of aromatic amines is 1. The van der Waals surface area contributed by atoms with Gasteiger partial charge >= 0.3 is 0 Å². The number of sulfonamides is 1. The summed E-state index contributed by atoms with van der Waals surface area (Å²) in [7, 11) is -1.98. The van der Waals surface area contributed by atoms with Gasteiger partial charge in [-0.1, -0.05) is 0 Å². The van der Waals surface area contributed by atoms with Gasteiger partial charge in [-0.2, -0.15) is 9.40 Å². The Balaban J connectivity index is 2.19. The number of hydrogen-bond donors (Lipinski definition) is 1. The molecule has 0 aliphatic carbocycles. The maximum absolute atomic E-state index is 11.9. The molecular formula is C8H10N4O2S2. The molecule has 2 rings (SSSR count). The van der Waals surface area contributed by atoms with Gasteiger partial charge in [0.1, 0.15) is 0 Å². The van der Waals surface area contributed by atoms with Crippen LogP contribution in [0.25, 0.3) is 0 Å². The Bertz CT molecular complexity index is 533. The van der Waals surface area contributed by atoms with Crippen molar-refractivity contribution in [2.24, 2.45) is 0 Å². The van der Waals surface area contributed by atoms with Crippen molar-refractivity contribution in [1.29, 1.82) is 0 Å². The van der Waals surface area contributed by atoms with Crippen molar-refractivity contribution in [3.05, 3.63) is 28.8 Å². The summed E-state index contributed by atoms with van der Waals surface area (Å²) in [4.78, 5) is 4.04. The van der Waals surface area contributed by atoms with E-state index in [4.69, 9.17) is 0 Å². The van der Waals surface area contributed by atoms with Crippen molar-refractivity contribution in [3.8, 4) is 0 Å². The second kappa shape index (κ2) is 4.32. The summed E-state index contributed by atoms with van der Waals surface area (Å²) in [6.45, 7) is 0.255. The molecule has 2 aromatic heterocycles. The fourth-order valence-corrected chi connectivity index (χ4v) is 2.77. The van der Waals surface area contributed by atoms with Gasteiger partial charge in [0.2, 0.25) is 0 Å². The average Bonchev–Trinajstić information content (AvgIpc) is 2.89. The van der Waals surface area contributed by atoms with E-state index in [9.17, 15) is 8.42 Å². The van der Waals surface area contributed by atoms with Crippen LogP contribution in [0.15, 0.2) is 28.2 Å². The first-order valence-electron chi connectivity index (χ1n) is 4.43. The molecule has 6 nitrogen and oxygen atoms in total. The molecule has 0 saturated heterocycles. The average molecular weight is 258 g/mol. The molecule has 16 heavy (non-hydrogen) atoms. The molecule has 1 N–H and O–H groups in total. The molecule has 0 aromatic carbocycles. The lowest BCUT2D eigenvalue weighted by Gasteiger charge is -2.14. The number of rotatable bonds is 4. The zero-order valence-electron chi connectivity index (χ0n) is 8.49. The van der Waals surface area contributed by atoms with E-state index in [1.165, 1.54) is 35.0 Å². The topological polar surface area (TPSA) is 79.0 Å². The van der Waals surface area contributed by atoms with Crippen LogP contribution < -0.4 is 0 Å². The van der Waals surface area contributed by atoms with Gasteiger partial charge < -0.3 is 0 Å². The normalized spacial score (nSPS) is 12.1. The first-order valence-corrected chi connectivity index (χ1v) is 6.82. The van der Waals surface area contributed by atoms with Crippen molar-refractivity contribution in [2.75, 3.05) is 7.05 Å². The summed E-state index contributed by atoms with van der Waals surface area (Å²) in [5.74, 6) is 0. The standard InChI is InChI=1S/C8H10N4O2S2/c1-12(4-7-5-15-6-9-7)16(13,14)8-2-3-10-11-8/h2-3,5-6H,4H2,1H3,(H,10,11). The van der Waals surface area contributed by atoms with Crippen LogP contribution in [-0.4, -0.2) is 35.0 Å². The predicted molar refractivity (Wildman–Crippen MR) is 59.4 cm³/mol. The van der Waals surface area contributed by atoms with Gasteiger partial charge in [0.05, 0.1) is 23.9 Å². The summed E-state index contributed by atoms with van der Waals surface area (Å²) in [6.07, 6.45) is 1.41. The monoisotopic (exact) mass is 258 g/mol. The maximum Gasteiger partial charge on any atom is 0.260 e. The van der Waals surface area contributed by atoms with Crippen LogP contribution in [0.5, 0.6) is 0 Å². The number of H-pyrrole nitrogens is 1. The molecule has 0 atom stereocenters. The van der Waals surface area contributed by atoms with E-state index < -0.39 is 10.0 Å². The van der Waals surface area contributed by atoms with Gasteiger partial charge in [0, 0.05) is 12.4 Å². The van der Waals surface area contributed by atoms with Crippen LogP contribution in [0.2, 0.25) is 0 Å². The minimum atomic E-state index is -3.49. The Hall–Kier alpha value is -1.25. The number of hydrogen-bond acceptors (Lipinski definition) is 5. The lowest BCUT2D eigenvalue weighted by atomic mass is 10.5. The van der Waals surface area contributed by atoms with Crippen molar-refractivity contribution < 1.29 is 8.42 Å². The lowest BCUT2D eigenvalue weighted by molar-refractivity contribution is 0.460. The molecule has 2 heterocycles. The molecule has 86 valence electrons. The highest BCUT2D eigenvalue weighted by molar-refractivity contribution is 7.89. The van der Waals surface area contributed by atoms with Crippen LogP contribution in [0.4, 0.5) is 0 Å². The zero-order valence-corrected chi connectivity index (χ0v) is 10.1. The van der Waals surface area contributed by atoms with Crippen LogP contribution in [0, 0.1) is 0 Å². The summed E-state index contributed by atoms with van der Waals surface area (Å²) < 4.78 is 25.1. The van der Waals surface area contributed by atoms with E-state index in [1.54, 1.807) is 5.51 Å². The largest absolute Gasteiger partial charge is 0.266 e. The molecule has 0 aliphatic heterocycles. The van der Waals surface area contributed by atoms with Crippen molar-refractivity contribution in [2.45, 2.75) is 11.6 Å². The number of nitrogens with zero attached hydrogens (tertiary/aromatic N) is 3. The van der Waals surface area contributed by atoms with Gasteiger partial charge in [-0.15, -0.1) is 11.3 Å². The fourth-order valence-electron chi connectivity index (χ4n) is 1.18. The molecule has 0 saturated carbocycles. The quantitative estimate of drug-likeness (QED) is 0.875. The maximum atomic E-state index is 11.9. The third-order valence-electron chi connectivity index (χ3n) is 2.03. The summed E-state index contributed by atoms with van der Waals surface area (Å²) in [5, 5.41) is 7.97. The van der Waals surface area contributed by atoms with Gasteiger partial charge in [0.25, 0.3) is 10.0 Å². The molecule has 0 spiro atoms. The van der Waals surface area contributed by atoms with Gasteiger partial charge in [-0.25, -0.2) is 13.4 Å². The highest BCUT2D eigenvalue weighted by Crippen LogP contribution is 2.13. The van der Waals surface area contributed by atoms with Crippen LogP contribution in [0.1, 0.15) is 5.69 Å². The summed E-state index contributed by atoms with van der Waals surface area (Å²) >= 11 is 1.44. The highest BCUT2D eigenvalue weighted by Gasteiger charge is 2.22. The summed E-state index contributed by atoms with van der Waals surface area (Å²) in [6, 6.07) is 1.42. The van der Waals surface area contributed by atoms with Crippen molar-refractivity contribution in [1.82, 2.24) is 19.5 Å². The number of thiazole rings is 1. The fraction of sp³-hybridized carbons (Fsp3) is 0.250. The Kier molecular flexibility index (Phi) is 3.03. The minimum Gasteiger partial charge on any atom is -0.266 e. The summed E-state index contributed by atoms with van der Waals surface area (Å²) in [5.41, 5.74) is 2.40. The smallest absolute Gasteiger partial charge is 0.260 e. The number of aromatic nitrogens is 3. The predicted octanol–water partition coefficient (Wildman–Crippen LogP) is 0.687. The second-order valence-corrected chi connectivity index (χ2v) is 5.89. The van der Waals surface area contributed by atoms with E-state index in [0.717, 1.165) is 5.69 Å². The highest BCUT2D eigenvalue weighted by atomic mass is 32.2. The van der Waals surface area contributed by atoms with E-state index in [1.807, 2.05) is 5.38 Å². The molecule has 2 aromatic rings. The lowest BCUT2D eigenvalue weighted by Crippen LogP contribution is -2.26. The molecule has 0 fully saturated rings. The van der Waals surface area contributed by atoms with E-state index in [-0.39, 0.29) is 11.6 Å². The Morgan fingerprint density at radius 1 is 1.56 bits per heavy atom. The van der Waals surface area contributed by atoms with Crippen LogP contribution in [0.3, 0.4) is 0 Å². The van der Waals surface area contributed by atoms with Gasteiger partial charge in [0.15, 0.2) is 5.03 Å². The molecular weight excluding hydrogens is 248 g/mol. The molecule has 0 aliphatic rings. The molecule has 0 amide bonds. The van der Waals surface area contributed by atoms with Crippen LogP contribution in [-0.2, 0) is 16.6 Å². The Morgan fingerprint density at radius 3 is 2.94 bits per heavy atom. The van der Waals surface area contributed by atoms with E-state index in [2.05, 4.69) is 15.2 Å². The Morgan fingerprint density at radius 2 is 2.38 bits per heavy atom.